The van der Waals surface area contributed by atoms with Crippen LogP contribution in [0.1, 0.15) is 0 Å². The van der Waals surface area contributed by atoms with E-state index in [0.29, 0.717) is 0 Å². The number of aromatic nitrogens is 3. The minimum Gasteiger partial charge on any atom is -0.309 e. The molecule has 0 spiro atoms. The molecule has 0 aliphatic rings. The highest BCUT2D eigenvalue weighted by atomic mass is 32.1. The van der Waals surface area contributed by atoms with E-state index >= 15 is 0 Å². The Hall–Kier alpha value is -4.93. The molecule has 0 radical (unpaired) electrons. The largest absolute Gasteiger partial charge is 0.309 e. The summed E-state index contributed by atoms with van der Waals surface area (Å²) in [6.45, 7) is 0. The maximum absolute atomic E-state index is 5.04. The number of fused-ring (bicyclic) bond motifs is 10. The number of hydrogen-bond acceptors (Lipinski definition) is 2. The molecule has 0 saturated heterocycles. The monoisotopic (exact) mass is 515 g/mol. The SMILES string of the molecule is c1ccc(-n2c3ccccc3c3c4ccc5c(c4ccc32)c2ccccc2n5-c2nc3ccccc3s2)cc1. The third-order valence-electron chi connectivity index (χ3n) is 7.96. The zero-order valence-electron chi connectivity index (χ0n) is 20.9. The molecule has 6 aromatic carbocycles. The van der Waals surface area contributed by atoms with Gasteiger partial charge in [-0.3, -0.25) is 4.57 Å². The zero-order chi connectivity index (χ0) is 25.5. The second kappa shape index (κ2) is 7.79. The minimum absolute atomic E-state index is 1.00. The van der Waals surface area contributed by atoms with Crippen molar-refractivity contribution < 1.29 is 0 Å². The highest BCUT2D eigenvalue weighted by Crippen LogP contribution is 2.43. The van der Waals surface area contributed by atoms with Gasteiger partial charge in [0.25, 0.3) is 0 Å². The first-order valence-electron chi connectivity index (χ1n) is 13.2. The van der Waals surface area contributed by atoms with Gasteiger partial charge in [-0.25, -0.2) is 4.98 Å². The number of rotatable bonds is 2. The highest BCUT2D eigenvalue weighted by molar-refractivity contribution is 7.20. The lowest BCUT2D eigenvalue weighted by Gasteiger charge is -2.09. The van der Waals surface area contributed by atoms with Crippen molar-refractivity contribution in [3.05, 3.63) is 127 Å². The van der Waals surface area contributed by atoms with E-state index < -0.39 is 0 Å². The fourth-order valence-corrected chi connectivity index (χ4v) is 7.35. The third kappa shape index (κ3) is 2.84. The summed E-state index contributed by atoms with van der Waals surface area (Å²) in [5.74, 6) is 0. The zero-order valence-corrected chi connectivity index (χ0v) is 21.7. The third-order valence-corrected chi connectivity index (χ3v) is 8.98. The number of nitrogens with zero attached hydrogens (tertiary/aromatic N) is 3. The number of thiazole rings is 1. The topological polar surface area (TPSA) is 22.8 Å². The molecule has 0 N–H and O–H groups in total. The average Bonchev–Trinajstić information content (AvgIpc) is 3.67. The summed E-state index contributed by atoms with van der Waals surface area (Å²) in [4.78, 5) is 5.04. The molecule has 3 aromatic heterocycles. The van der Waals surface area contributed by atoms with E-state index in [1.807, 2.05) is 0 Å². The van der Waals surface area contributed by atoms with Gasteiger partial charge >= 0.3 is 0 Å². The Morgan fingerprint density at radius 3 is 1.69 bits per heavy atom. The van der Waals surface area contributed by atoms with E-state index in [-0.39, 0.29) is 0 Å². The van der Waals surface area contributed by atoms with Crippen LogP contribution >= 0.6 is 11.3 Å². The van der Waals surface area contributed by atoms with Crippen LogP contribution in [0.5, 0.6) is 0 Å². The molecule has 3 nitrogen and oxygen atoms in total. The molecule has 0 saturated carbocycles. The lowest BCUT2D eigenvalue weighted by molar-refractivity contribution is 1.15. The van der Waals surface area contributed by atoms with Gasteiger partial charge in [-0.05, 0) is 59.3 Å². The van der Waals surface area contributed by atoms with E-state index in [4.69, 9.17) is 4.98 Å². The molecule has 4 heteroatoms. The molecule has 0 atom stereocenters. The van der Waals surface area contributed by atoms with Crippen molar-refractivity contribution in [2.45, 2.75) is 0 Å². The second-order valence-corrected chi connectivity index (χ2v) is 11.0. The van der Waals surface area contributed by atoms with Gasteiger partial charge in [0.15, 0.2) is 5.13 Å². The maximum atomic E-state index is 5.04. The molecule has 9 rings (SSSR count). The molecular formula is C35H21N3S. The van der Waals surface area contributed by atoms with Crippen molar-refractivity contribution in [3.8, 4) is 10.8 Å². The van der Waals surface area contributed by atoms with Gasteiger partial charge in [-0.2, -0.15) is 0 Å². The molecule has 0 fully saturated rings. The van der Waals surface area contributed by atoms with Crippen LogP contribution in [0, 0.1) is 0 Å². The normalized spacial score (nSPS) is 12.1. The Kier molecular flexibility index (Phi) is 4.21. The molecule has 0 amide bonds. The van der Waals surface area contributed by atoms with Crippen LogP contribution < -0.4 is 0 Å². The van der Waals surface area contributed by atoms with E-state index in [1.165, 1.54) is 64.8 Å². The minimum atomic E-state index is 1.00. The molecular weight excluding hydrogens is 494 g/mol. The smallest absolute Gasteiger partial charge is 0.195 e. The predicted molar refractivity (Wildman–Crippen MR) is 166 cm³/mol. The Bertz CT molecular complexity index is 2360. The van der Waals surface area contributed by atoms with Crippen molar-refractivity contribution in [2.24, 2.45) is 0 Å². The van der Waals surface area contributed by atoms with Gasteiger partial charge in [0.2, 0.25) is 0 Å². The second-order valence-electron chi connectivity index (χ2n) is 10.0. The van der Waals surface area contributed by atoms with Crippen molar-refractivity contribution in [3.63, 3.8) is 0 Å². The first kappa shape index (κ1) is 21.1. The van der Waals surface area contributed by atoms with Gasteiger partial charge in [0, 0.05) is 27.2 Å². The molecule has 0 unspecified atom stereocenters. The Morgan fingerprint density at radius 1 is 0.436 bits per heavy atom. The Morgan fingerprint density at radius 2 is 1.00 bits per heavy atom. The van der Waals surface area contributed by atoms with Crippen molar-refractivity contribution >= 4 is 75.9 Å². The van der Waals surface area contributed by atoms with Crippen LogP contribution in [0.4, 0.5) is 0 Å². The van der Waals surface area contributed by atoms with Crippen LogP contribution in [-0.2, 0) is 0 Å². The summed E-state index contributed by atoms with van der Waals surface area (Å²) in [5.41, 5.74) is 7.04. The molecule has 9 aromatic rings. The summed E-state index contributed by atoms with van der Waals surface area (Å²) in [6.07, 6.45) is 0. The standard InChI is InChI=1S/C35H21N3S/c1-2-10-22(11-3-1)37-28-15-7-4-12-25(28)33-23-19-21-31-34(24(23)18-20-30(33)37)26-13-5-8-16-29(26)38(31)35-36-27-14-6-9-17-32(27)39-35/h1-21H. The van der Waals surface area contributed by atoms with E-state index in [1.54, 1.807) is 11.3 Å². The van der Waals surface area contributed by atoms with Gasteiger partial charge in [0.05, 0.1) is 32.3 Å². The summed E-state index contributed by atoms with van der Waals surface area (Å²) in [5, 5.41) is 8.65. The summed E-state index contributed by atoms with van der Waals surface area (Å²) < 4.78 is 5.93. The quantitative estimate of drug-likeness (QED) is 0.225. The first-order valence-corrected chi connectivity index (χ1v) is 14.0. The number of benzene rings is 6. The lowest BCUT2D eigenvalue weighted by Crippen LogP contribution is -1.93. The molecule has 0 aliphatic carbocycles. The van der Waals surface area contributed by atoms with Crippen LogP contribution in [0.2, 0.25) is 0 Å². The van der Waals surface area contributed by atoms with Crippen molar-refractivity contribution in [1.82, 2.24) is 14.1 Å². The summed E-state index contributed by atoms with van der Waals surface area (Å²) in [7, 11) is 0. The summed E-state index contributed by atoms with van der Waals surface area (Å²) >= 11 is 1.74. The van der Waals surface area contributed by atoms with E-state index in [9.17, 15) is 0 Å². The number of hydrogen-bond donors (Lipinski definition) is 0. The van der Waals surface area contributed by atoms with Crippen LogP contribution in [0.15, 0.2) is 127 Å². The van der Waals surface area contributed by atoms with Crippen LogP contribution in [0.3, 0.4) is 0 Å². The fraction of sp³-hybridized carbons (Fsp3) is 0. The fourth-order valence-electron chi connectivity index (χ4n) is 6.36. The van der Waals surface area contributed by atoms with Crippen LogP contribution in [-0.4, -0.2) is 14.1 Å². The highest BCUT2D eigenvalue weighted by Gasteiger charge is 2.20. The van der Waals surface area contributed by atoms with Crippen molar-refractivity contribution in [2.75, 3.05) is 0 Å². The average molecular weight is 516 g/mol. The lowest BCUT2D eigenvalue weighted by atomic mass is 9.99. The van der Waals surface area contributed by atoms with E-state index in [0.717, 1.165) is 10.6 Å². The van der Waals surface area contributed by atoms with Gasteiger partial charge in [-0.15, -0.1) is 0 Å². The Balaban J connectivity index is 1.44. The molecule has 39 heavy (non-hydrogen) atoms. The van der Waals surface area contributed by atoms with Gasteiger partial charge in [-0.1, -0.05) is 90.2 Å². The first-order chi connectivity index (χ1) is 19.4. The molecule has 0 bridgehead atoms. The predicted octanol–water partition coefficient (Wildman–Crippen LogP) is 9.64. The van der Waals surface area contributed by atoms with Crippen molar-refractivity contribution in [1.29, 1.82) is 0 Å². The van der Waals surface area contributed by atoms with Crippen LogP contribution in [0.25, 0.3) is 75.4 Å². The van der Waals surface area contributed by atoms with E-state index in [2.05, 4.69) is 137 Å². The van der Waals surface area contributed by atoms with Gasteiger partial charge in [0.1, 0.15) is 0 Å². The number of para-hydroxylation sites is 4. The van der Waals surface area contributed by atoms with Gasteiger partial charge < -0.3 is 4.57 Å². The molecule has 3 heterocycles. The molecule has 182 valence electrons. The summed E-state index contributed by atoms with van der Waals surface area (Å²) in [6, 6.07) is 45.8. The maximum Gasteiger partial charge on any atom is 0.195 e. The molecule has 0 aliphatic heterocycles. The Labute approximate surface area is 227 Å².